The lowest BCUT2D eigenvalue weighted by Gasteiger charge is -2.11. The van der Waals surface area contributed by atoms with Gasteiger partial charge in [0.05, 0.1) is 6.20 Å². The molecule has 4 nitrogen and oxygen atoms in total. The number of aryl methyl sites for hydroxylation is 2. The molecule has 1 unspecified atom stereocenters. The predicted molar refractivity (Wildman–Crippen MR) is 67.5 cm³/mol. The molecule has 0 aliphatic rings. The van der Waals surface area contributed by atoms with Gasteiger partial charge in [-0.25, -0.2) is 0 Å². The normalized spacial score (nSPS) is 12.6. The first-order valence-electron chi connectivity index (χ1n) is 5.67. The molecule has 0 saturated carbocycles. The van der Waals surface area contributed by atoms with E-state index in [9.17, 15) is 5.11 Å². The maximum Gasteiger partial charge on any atom is 0.127 e. The van der Waals surface area contributed by atoms with Gasteiger partial charge < -0.3 is 10.8 Å². The molecule has 1 atom stereocenters. The van der Waals surface area contributed by atoms with Gasteiger partial charge >= 0.3 is 0 Å². The summed E-state index contributed by atoms with van der Waals surface area (Å²) in [6.07, 6.45) is 1.84. The number of nitrogen functional groups attached to an aromatic ring is 1. The summed E-state index contributed by atoms with van der Waals surface area (Å²) in [6, 6.07) is 7.89. The zero-order chi connectivity index (χ0) is 12.4. The third kappa shape index (κ3) is 2.17. The molecule has 0 saturated heterocycles. The van der Waals surface area contributed by atoms with Crippen molar-refractivity contribution >= 4 is 5.82 Å². The molecule has 4 heteroatoms. The van der Waals surface area contributed by atoms with Crippen molar-refractivity contribution in [1.29, 1.82) is 0 Å². The van der Waals surface area contributed by atoms with Crippen LogP contribution in [0.3, 0.4) is 0 Å². The number of hydrogen-bond acceptors (Lipinski definition) is 3. The molecule has 90 valence electrons. The van der Waals surface area contributed by atoms with Crippen molar-refractivity contribution in [3.8, 4) is 0 Å². The number of aromatic nitrogens is 2. The summed E-state index contributed by atoms with van der Waals surface area (Å²) >= 11 is 0. The van der Waals surface area contributed by atoms with E-state index in [0.717, 1.165) is 12.0 Å². The van der Waals surface area contributed by atoms with Gasteiger partial charge in [0.25, 0.3) is 0 Å². The largest absolute Gasteiger partial charge is 0.384 e. The molecule has 2 aromatic rings. The highest BCUT2D eigenvalue weighted by Crippen LogP contribution is 2.26. The number of nitrogens with zero attached hydrogens (tertiary/aromatic N) is 2. The first-order chi connectivity index (χ1) is 8.13. The monoisotopic (exact) mass is 231 g/mol. The number of nitrogens with two attached hydrogens (primary N) is 1. The molecule has 1 aromatic heterocycles. The smallest absolute Gasteiger partial charge is 0.127 e. The molecule has 0 aliphatic carbocycles. The van der Waals surface area contributed by atoms with Crippen molar-refractivity contribution in [3.63, 3.8) is 0 Å². The Bertz CT molecular complexity index is 519. The van der Waals surface area contributed by atoms with Crippen LogP contribution in [0, 0.1) is 0 Å². The quantitative estimate of drug-likeness (QED) is 0.844. The number of anilines is 1. The highest BCUT2D eigenvalue weighted by Gasteiger charge is 2.16. The van der Waals surface area contributed by atoms with E-state index in [1.165, 1.54) is 5.56 Å². The lowest BCUT2D eigenvalue weighted by molar-refractivity contribution is 0.221. The molecule has 1 heterocycles. The summed E-state index contributed by atoms with van der Waals surface area (Å²) in [5.74, 6) is 0.499. The van der Waals surface area contributed by atoms with E-state index >= 15 is 0 Å². The fraction of sp³-hybridized carbons (Fsp3) is 0.308. The molecule has 2 rings (SSSR count). The third-order valence-electron chi connectivity index (χ3n) is 2.98. The summed E-state index contributed by atoms with van der Waals surface area (Å²) in [7, 11) is 1.76. The van der Waals surface area contributed by atoms with Crippen LogP contribution in [-0.2, 0) is 13.5 Å². The molecule has 0 fully saturated rings. The Kier molecular flexibility index (Phi) is 3.15. The van der Waals surface area contributed by atoms with E-state index < -0.39 is 6.10 Å². The third-order valence-corrected chi connectivity index (χ3v) is 2.98. The van der Waals surface area contributed by atoms with Crippen LogP contribution in [0.25, 0.3) is 0 Å². The van der Waals surface area contributed by atoms with E-state index in [2.05, 4.69) is 12.0 Å². The Morgan fingerprint density at radius 1 is 1.47 bits per heavy atom. The summed E-state index contributed by atoms with van der Waals surface area (Å²) in [5.41, 5.74) is 8.55. The number of hydrogen-bond donors (Lipinski definition) is 2. The highest BCUT2D eigenvalue weighted by atomic mass is 16.3. The average molecular weight is 231 g/mol. The van der Waals surface area contributed by atoms with Gasteiger partial charge in [-0.15, -0.1) is 0 Å². The minimum absolute atomic E-state index is 0.499. The Balaban J connectivity index is 2.36. The van der Waals surface area contributed by atoms with Crippen molar-refractivity contribution in [3.05, 3.63) is 47.2 Å². The standard InChI is InChI=1S/C13H17N3O/c1-3-9-5-4-6-10(7-9)12(17)11-8-15-16(2)13(11)14/h4-8,12,17H,3,14H2,1-2H3. The molecular weight excluding hydrogens is 214 g/mol. The van der Waals surface area contributed by atoms with Gasteiger partial charge in [-0.2, -0.15) is 5.10 Å². The summed E-state index contributed by atoms with van der Waals surface area (Å²) < 4.78 is 1.56. The molecule has 0 radical (unpaired) electrons. The van der Waals surface area contributed by atoms with Crippen LogP contribution in [0.1, 0.15) is 29.7 Å². The molecule has 0 spiro atoms. The van der Waals surface area contributed by atoms with Crippen molar-refractivity contribution in [2.45, 2.75) is 19.4 Å². The van der Waals surface area contributed by atoms with Crippen LogP contribution in [0.2, 0.25) is 0 Å². The van der Waals surface area contributed by atoms with Gasteiger partial charge in [-0.1, -0.05) is 31.2 Å². The fourth-order valence-corrected chi connectivity index (χ4v) is 1.84. The first kappa shape index (κ1) is 11.7. The van der Waals surface area contributed by atoms with Crippen LogP contribution < -0.4 is 5.73 Å². The van der Waals surface area contributed by atoms with E-state index in [4.69, 9.17) is 5.73 Å². The Morgan fingerprint density at radius 3 is 2.82 bits per heavy atom. The Morgan fingerprint density at radius 2 is 2.24 bits per heavy atom. The van der Waals surface area contributed by atoms with Crippen molar-refractivity contribution in [2.75, 3.05) is 5.73 Å². The SMILES string of the molecule is CCc1cccc(C(O)c2cnn(C)c2N)c1. The van der Waals surface area contributed by atoms with Crippen LogP contribution in [0.4, 0.5) is 5.82 Å². The first-order valence-corrected chi connectivity index (χ1v) is 5.67. The second-order valence-electron chi connectivity index (χ2n) is 4.11. The number of aliphatic hydroxyl groups is 1. The maximum atomic E-state index is 10.3. The number of aliphatic hydroxyl groups excluding tert-OH is 1. The van der Waals surface area contributed by atoms with Gasteiger partial charge in [0.1, 0.15) is 11.9 Å². The van der Waals surface area contributed by atoms with E-state index in [-0.39, 0.29) is 0 Å². The van der Waals surface area contributed by atoms with Crippen LogP contribution >= 0.6 is 0 Å². The van der Waals surface area contributed by atoms with Gasteiger partial charge in [-0.3, -0.25) is 4.68 Å². The zero-order valence-corrected chi connectivity index (χ0v) is 10.1. The number of benzene rings is 1. The van der Waals surface area contributed by atoms with Crippen molar-refractivity contribution < 1.29 is 5.11 Å². The van der Waals surface area contributed by atoms with Crippen LogP contribution in [-0.4, -0.2) is 14.9 Å². The van der Waals surface area contributed by atoms with E-state index in [1.807, 2.05) is 24.3 Å². The zero-order valence-electron chi connectivity index (χ0n) is 10.1. The second kappa shape index (κ2) is 4.59. The summed E-state index contributed by atoms with van der Waals surface area (Å²) in [6.45, 7) is 2.09. The predicted octanol–water partition coefficient (Wildman–Crippen LogP) is 1.65. The van der Waals surface area contributed by atoms with Crippen molar-refractivity contribution in [1.82, 2.24) is 9.78 Å². The second-order valence-corrected chi connectivity index (χ2v) is 4.11. The van der Waals surface area contributed by atoms with Gasteiger partial charge in [0.2, 0.25) is 0 Å². The molecule has 0 amide bonds. The topological polar surface area (TPSA) is 64.1 Å². The molecule has 17 heavy (non-hydrogen) atoms. The van der Waals surface area contributed by atoms with Crippen LogP contribution in [0.5, 0.6) is 0 Å². The molecular formula is C13H17N3O. The summed E-state index contributed by atoms with van der Waals surface area (Å²) in [4.78, 5) is 0. The lowest BCUT2D eigenvalue weighted by Crippen LogP contribution is -2.05. The minimum atomic E-state index is -0.713. The molecule has 0 bridgehead atoms. The molecule has 1 aromatic carbocycles. The fourth-order valence-electron chi connectivity index (χ4n) is 1.84. The van der Waals surface area contributed by atoms with Gasteiger partial charge in [0.15, 0.2) is 0 Å². The lowest BCUT2D eigenvalue weighted by atomic mass is 10.0. The Labute approximate surface area is 101 Å². The molecule has 0 aliphatic heterocycles. The number of rotatable bonds is 3. The van der Waals surface area contributed by atoms with Gasteiger partial charge in [0, 0.05) is 12.6 Å². The minimum Gasteiger partial charge on any atom is -0.384 e. The maximum absolute atomic E-state index is 10.3. The average Bonchev–Trinajstić information content (AvgIpc) is 2.69. The summed E-state index contributed by atoms with van der Waals surface area (Å²) in [5, 5.41) is 14.3. The van der Waals surface area contributed by atoms with E-state index in [1.54, 1.807) is 17.9 Å². The Hall–Kier alpha value is -1.81. The van der Waals surface area contributed by atoms with E-state index in [0.29, 0.717) is 11.4 Å². The van der Waals surface area contributed by atoms with Crippen LogP contribution in [0.15, 0.2) is 30.5 Å². The molecule has 3 N–H and O–H groups in total. The van der Waals surface area contributed by atoms with Gasteiger partial charge in [-0.05, 0) is 17.5 Å². The highest BCUT2D eigenvalue weighted by molar-refractivity contribution is 5.44. The van der Waals surface area contributed by atoms with Crippen molar-refractivity contribution in [2.24, 2.45) is 7.05 Å².